The molecule has 8 aromatic carbocycles. The van der Waals surface area contributed by atoms with Crippen molar-refractivity contribution in [2.75, 3.05) is 4.90 Å². The number of fused-ring (bicyclic) bond motifs is 6. The lowest BCUT2D eigenvalue weighted by Gasteiger charge is -2.35. The van der Waals surface area contributed by atoms with E-state index < -0.39 is 5.41 Å². The molecular formula is C53H42N2. The van der Waals surface area contributed by atoms with Gasteiger partial charge in [-0.1, -0.05) is 172 Å². The summed E-state index contributed by atoms with van der Waals surface area (Å²) in [5.41, 5.74) is 15.4. The van der Waals surface area contributed by atoms with Crippen molar-refractivity contribution in [2.45, 2.75) is 31.6 Å². The van der Waals surface area contributed by atoms with Crippen LogP contribution in [0, 0.1) is 0 Å². The second-order valence-electron chi connectivity index (χ2n) is 15.8. The topological polar surface area (TPSA) is 8.17 Å². The summed E-state index contributed by atoms with van der Waals surface area (Å²) in [7, 11) is 0. The van der Waals surface area contributed by atoms with Gasteiger partial charge in [-0.2, -0.15) is 0 Å². The first-order chi connectivity index (χ1) is 26.9. The molecule has 0 radical (unpaired) electrons. The molecule has 55 heavy (non-hydrogen) atoms. The fourth-order valence-electron chi connectivity index (χ4n) is 9.15. The summed E-state index contributed by atoms with van der Waals surface area (Å²) in [5.74, 6) is 0. The molecule has 2 nitrogen and oxygen atoms in total. The summed E-state index contributed by atoms with van der Waals surface area (Å²) in [6.07, 6.45) is 0. The Bertz CT molecular complexity index is 2790. The summed E-state index contributed by atoms with van der Waals surface area (Å²) in [4.78, 5) is 2.47. The van der Waals surface area contributed by atoms with Crippen molar-refractivity contribution in [3.05, 3.63) is 228 Å². The highest BCUT2D eigenvalue weighted by atomic mass is 15.2. The van der Waals surface area contributed by atoms with E-state index in [0.29, 0.717) is 0 Å². The molecule has 264 valence electrons. The zero-order chi connectivity index (χ0) is 37.1. The molecule has 0 aliphatic heterocycles. The summed E-state index contributed by atoms with van der Waals surface area (Å²) in [6, 6.07) is 73.9. The molecule has 0 N–H and O–H groups in total. The molecular weight excluding hydrogens is 665 g/mol. The number of anilines is 3. The monoisotopic (exact) mass is 706 g/mol. The highest BCUT2D eigenvalue weighted by molar-refractivity contribution is 6.14. The molecule has 0 unspecified atom stereocenters. The van der Waals surface area contributed by atoms with Gasteiger partial charge < -0.3 is 9.47 Å². The summed E-state index contributed by atoms with van der Waals surface area (Å²) < 4.78 is 2.44. The lowest BCUT2D eigenvalue weighted by molar-refractivity contribution is 0.590. The van der Waals surface area contributed by atoms with E-state index in [1.54, 1.807) is 0 Å². The number of aromatic nitrogens is 1. The first-order valence-electron chi connectivity index (χ1n) is 19.3. The van der Waals surface area contributed by atoms with Crippen LogP contribution in [-0.4, -0.2) is 4.57 Å². The van der Waals surface area contributed by atoms with E-state index in [2.05, 4.69) is 230 Å². The summed E-state index contributed by atoms with van der Waals surface area (Å²) in [5, 5.41) is 2.46. The molecule has 2 heteroatoms. The highest BCUT2D eigenvalue weighted by Crippen LogP contribution is 2.56. The molecule has 0 saturated carbocycles. The molecule has 1 aromatic heterocycles. The van der Waals surface area contributed by atoms with Crippen molar-refractivity contribution in [1.82, 2.24) is 4.57 Å². The standard InChI is InChI=1S/C53H42N2/c1-52(2,3)37-32-34-41(35-33-37)54(50-31-17-27-46-45-26-12-15-30-49(45)55(51(46)50)40-21-8-5-9-22-40)42-23-16-20-39(36-42)53(38-18-6-4-7-19-38)47-28-13-10-24-43(47)44-25-11-14-29-48(44)53/h4-36H,1-3H3. The van der Waals surface area contributed by atoms with Gasteiger partial charge in [-0.15, -0.1) is 0 Å². The quantitative estimate of drug-likeness (QED) is 0.167. The van der Waals surface area contributed by atoms with Gasteiger partial charge in [0, 0.05) is 27.8 Å². The molecule has 0 saturated heterocycles. The molecule has 1 aliphatic rings. The Morgan fingerprint density at radius 1 is 0.455 bits per heavy atom. The van der Waals surface area contributed by atoms with Crippen LogP contribution in [0.1, 0.15) is 48.6 Å². The van der Waals surface area contributed by atoms with Gasteiger partial charge in [-0.05, 0) is 92.9 Å². The van der Waals surface area contributed by atoms with Gasteiger partial charge in [0.15, 0.2) is 0 Å². The number of para-hydroxylation sites is 3. The number of hydrogen-bond acceptors (Lipinski definition) is 1. The number of hydrogen-bond donors (Lipinski definition) is 0. The SMILES string of the molecule is CC(C)(C)c1ccc(N(c2cccc(C3(c4ccccc4)c4ccccc4-c4ccccc43)c2)c2cccc3c4ccccc4n(-c4ccccc4)c23)cc1. The highest BCUT2D eigenvalue weighted by Gasteiger charge is 2.46. The maximum Gasteiger partial charge on any atom is 0.0782 e. The molecule has 1 heterocycles. The minimum atomic E-state index is -0.503. The van der Waals surface area contributed by atoms with Crippen LogP contribution in [0.2, 0.25) is 0 Å². The smallest absolute Gasteiger partial charge is 0.0782 e. The Balaban J connectivity index is 1.28. The third-order valence-electron chi connectivity index (χ3n) is 11.6. The lowest BCUT2D eigenvalue weighted by Crippen LogP contribution is -2.28. The zero-order valence-corrected chi connectivity index (χ0v) is 31.4. The van der Waals surface area contributed by atoms with Crippen molar-refractivity contribution in [3.8, 4) is 16.8 Å². The molecule has 0 fully saturated rings. The van der Waals surface area contributed by atoms with Crippen molar-refractivity contribution in [1.29, 1.82) is 0 Å². The Morgan fingerprint density at radius 2 is 1.02 bits per heavy atom. The third-order valence-corrected chi connectivity index (χ3v) is 11.6. The van der Waals surface area contributed by atoms with Crippen LogP contribution < -0.4 is 4.90 Å². The van der Waals surface area contributed by atoms with Gasteiger partial charge >= 0.3 is 0 Å². The lowest BCUT2D eigenvalue weighted by atomic mass is 9.67. The van der Waals surface area contributed by atoms with Crippen LogP contribution in [0.4, 0.5) is 17.1 Å². The Labute approximate surface area is 323 Å². The largest absolute Gasteiger partial charge is 0.308 e. The molecule has 10 rings (SSSR count). The molecule has 0 bridgehead atoms. The third kappa shape index (κ3) is 5.09. The predicted octanol–water partition coefficient (Wildman–Crippen LogP) is 13.9. The predicted molar refractivity (Wildman–Crippen MR) is 231 cm³/mol. The van der Waals surface area contributed by atoms with Gasteiger partial charge in [-0.25, -0.2) is 0 Å². The Morgan fingerprint density at radius 3 is 1.71 bits per heavy atom. The van der Waals surface area contributed by atoms with Crippen LogP contribution in [0.3, 0.4) is 0 Å². The van der Waals surface area contributed by atoms with E-state index >= 15 is 0 Å². The molecule has 0 atom stereocenters. The van der Waals surface area contributed by atoms with E-state index in [4.69, 9.17) is 0 Å². The van der Waals surface area contributed by atoms with Gasteiger partial charge in [0.1, 0.15) is 0 Å². The van der Waals surface area contributed by atoms with E-state index in [1.165, 1.54) is 60.8 Å². The van der Waals surface area contributed by atoms with E-state index in [-0.39, 0.29) is 5.41 Å². The Kier molecular flexibility index (Phi) is 7.64. The molecule has 9 aromatic rings. The van der Waals surface area contributed by atoms with Gasteiger partial charge in [0.2, 0.25) is 0 Å². The normalized spacial score (nSPS) is 13.1. The van der Waals surface area contributed by atoms with E-state index in [9.17, 15) is 0 Å². The summed E-state index contributed by atoms with van der Waals surface area (Å²) in [6.45, 7) is 6.84. The average molecular weight is 707 g/mol. The van der Waals surface area contributed by atoms with Gasteiger partial charge in [-0.3, -0.25) is 0 Å². The first-order valence-corrected chi connectivity index (χ1v) is 19.3. The maximum atomic E-state index is 2.47. The van der Waals surface area contributed by atoms with E-state index in [1.807, 2.05) is 0 Å². The second kappa shape index (κ2) is 12.7. The number of rotatable bonds is 6. The second-order valence-corrected chi connectivity index (χ2v) is 15.8. The van der Waals surface area contributed by atoms with Gasteiger partial charge in [0.25, 0.3) is 0 Å². The van der Waals surface area contributed by atoms with Crippen LogP contribution in [-0.2, 0) is 10.8 Å². The fraction of sp³-hybridized carbons (Fsp3) is 0.0943. The Hall–Kier alpha value is -6.64. The van der Waals surface area contributed by atoms with Crippen LogP contribution >= 0.6 is 0 Å². The minimum Gasteiger partial charge on any atom is -0.308 e. The number of benzene rings is 8. The van der Waals surface area contributed by atoms with Crippen LogP contribution in [0.25, 0.3) is 38.6 Å². The van der Waals surface area contributed by atoms with E-state index in [0.717, 1.165) is 22.7 Å². The zero-order valence-electron chi connectivity index (χ0n) is 31.4. The van der Waals surface area contributed by atoms with Gasteiger partial charge in [0.05, 0.1) is 22.1 Å². The number of nitrogens with zero attached hydrogens (tertiary/aromatic N) is 2. The van der Waals surface area contributed by atoms with Crippen LogP contribution in [0.15, 0.2) is 200 Å². The van der Waals surface area contributed by atoms with Crippen molar-refractivity contribution in [3.63, 3.8) is 0 Å². The fourth-order valence-corrected chi connectivity index (χ4v) is 9.15. The molecule has 0 spiro atoms. The molecule has 1 aliphatic carbocycles. The minimum absolute atomic E-state index is 0.0361. The van der Waals surface area contributed by atoms with Crippen molar-refractivity contribution < 1.29 is 0 Å². The maximum absolute atomic E-state index is 2.47. The summed E-state index contributed by atoms with van der Waals surface area (Å²) >= 11 is 0. The van der Waals surface area contributed by atoms with Crippen molar-refractivity contribution in [2.24, 2.45) is 0 Å². The molecule has 0 amide bonds. The van der Waals surface area contributed by atoms with Crippen molar-refractivity contribution >= 4 is 38.9 Å². The average Bonchev–Trinajstić information content (AvgIpc) is 3.73. The van der Waals surface area contributed by atoms with Crippen LogP contribution in [0.5, 0.6) is 0 Å². The first kappa shape index (κ1) is 33.0.